The van der Waals surface area contributed by atoms with Gasteiger partial charge in [-0.05, 0) is 22.9 Å². The number of halogens is 1. The van der Waals surface area contributed by atoms with Crippen LogP contribution in [0.2, 0.25) is 0 Å². The molecule has 0 N–H and O–H groups in total. The summed E-state index contributed by atoms with van der Waals surface area (Å²) in [6.07, 6.45) is 1.53. The molecule has 0 bridgehead atoms. The SMILES string of the molecule is COCCOCCOCCn1cnc(C)c(Br)c1=O. The van der Waals surface area contributed by atoms with E-state index in [0.29, 0.717) is 49.7 Å². The topological polar surface area (TPSA) is 62.6 Å². The first-order valence-corrected chi connectivity index (χ1v) is 6.82. The van der Waals surface area contributed by atoms with Gasteiger partial charge in [-0.2, -0.15) is 0 Å². The number of rotatable bonds is 9. The quantitative estimate of drug-likeness (QED) is 0.630. The summed E-state index contributed by atoms with van der Waals surface area (Å²) in [7, 11) is 1.63. The zero-order valence-corrected chi connectivity index (χ0v) is 12.8. The van der Waals surface area contributed by atoms with E-state index in [1.807, 2.05) is 0 Å². The van der Waals surface area contributed by atoms with Gasteiger partial charge in [0.2, 0.25) is 0 Å². The van der Waals surface area contributed by atoms with Gasteiger partial charge in [0.1, 0.15) is 4.47 Å². The lowest BCUT2D eigenvalue weighted by Crippen LogP contribution is -2.24. The second kappa shape index (κ2) is 9.19. The zero-order valence-electron chi connectivity index (χ0n) is 11.2. The Bertz CT molecular complexity index is 436. The Morgan fingerprint density at radius 2 is 1.84 bits per heavy atom. The normalized spacial score (nSPS) is 10.9. The molecule has 19 heavy (non-hydrogen) atoms. The standard InChI is InChI=1S/C12H19BrN2O4/c1-10-11(13)12(16)15(9-14-10)3-4-18-7-8-19-6-5-17-2/h9H,3-8H2,1-2H3. The van der Waals surface area contributed by atoms with Gasteiger partial charge in [0.15, 0.2) is 0 Å². The molecule has 0 aromatic carbocycles. The fourth-order valence-corrected chi connectivity index (χ4v) is 1.66. The molecule has 6 nitrogen and oxygen atoms in total. The van der Waals surface area contributed by atoms with Gasteiger partial charge >= 0.3 is 0 Å². The van der Waals surface area contributed by atoms with Crippen molar-refractivity contribution < 1.29 is 14.2 Å². The minimum absolute atomic E-state index is 0.0903. The molecule has 0 aliphatic carbocycles. The van der Waals surface area contributed by atoms with E-state index in [1.54, 1.807) is 14.0 Å². The first kappa shape index (κ1) is 16.3. The van der Waals surface area contributed by atoms with Crippen LogP contribution in [0.1, 0.15) is 5.69 Å². The van der Waals surface area contributed by atoms with Crippen molar-refractivity contribution in [2.75, 3.05) is 40.1 Å². The molecule has 0 unspecified atom stereocenters. The summed E-state index contributed by atoms with van der Waals surface area (Å²) in [6.45, 7) is 4.87. The van der Waals surface area contributed by atoms with Gasteiger partial charge in [0, 0.05) is 7.11 Å². The highest BCUT2D eigenvalue weighted by Crippen LogP contribution is 2.05. The van der Waals surface area contributed by atoms with Crippen LogP contribution >= 0.6 is 15.9 Å². The van der Waals surface area contributed by atoms with Crippen LogP contribution in [0, 0.1) is 6.92 Å². The molecule has 108 valence electrons. The van der Waals surface area contributed by atoms with Crippen LogP contribution in [0.5, 0.6) is 0 Å². The maximum absolute atomic E-state index is 11.8. The predicted octanol–water partition coefficient (Wildman–Crippen LogP) is 0.994. The lowest BCUT2D eigenvalue weighted by atomic mass is 10.4. The van der Waals surface area contributed by atoms with Crippen LogP contribution in [0.15, 0.2) is 15.6 Å². The summed E-state index contributed by atoms with van der Waals surface area (Å²) >= 11 is 3.22. The van der Waals surface area contributed by atoms with Crippen LogP contribution in [0.3, 0.4) is 0 Å². The Balaban J connectivity index is 2.20. The van der Waals surface area contributed by atoms with Crippen molar-refractivity contribution in [3.05, 3.63) is 26.8 Å². The fourth-order valence-electron chi connectivity index (χ4n) is 1.33. The molecule has 0 atom stereocenters. The third kappa shape index (κ3) is 5.82. The number of nitrogens with zero attached hydrogens (tertiary/aromatic N) is 2. The van der Waals surface area contributed by atoms with Crippen LogP contribution in [0.4, 0.5) is 0 Å². The second-order valence-electron chi connectivity index (χ2n) is 3.86. The number of ether oxygens (including phenoxy) is 3. The molecular formula is C12H19BrN2O4. The maximum atomic E-state index is 11.8. The highest BCUT2D eigenvalue weighted by molar-refractivity contribution is 9.10. The van der Waals surface area contributed by atoms with Crippen LogP contribution in [-0.4, -0.2) is 49.7 Å². The van der Waals surface area contributed by atoms with E-state index in [-0.39, 0.29) is 5.56 Å². The molecule has 1 heterocycles. The number of hydrogen-bond donors (Lipinski definition) is 0. The summed E-state index contributed by atoms with van der Waals surface area (Å²) in [5.41, 5.74) is 0.598. The lowest BCUT2D eigenvalue weighted by Gasteiger charge is -2.08. The van der Waals surface area contributed by atoms with Crippen LogP contribution < -0.4 is 5.56 Å². The van der Waals surface area contributed by atoms with E-state index in [2.05, 4.69) is 20.9 Å². The largest absolute Gasteiger partial charge is 0.382 e. The number of aromatic nitrogens is 2. The molecule has 0 saturated heterocycles. The third-order valence-corrected chi connectivity index (χ3v) is 3.35. The van der Waals surface area contributed by atoms with E-state index >= 15 is 0 Å². The summed E-state index contributed by atoms with van der Waals surface area (Å²) < 4.78 is 17.5. The predicted molar refractivity (Wildman–Crippen MR) is 74.4 cm³/mol. The highest BCUT2D eigenvalue weighted by Gasteiger charge is 2.04. The smallest absolute Gasteiger partial charge is 0.267 e. The summed E-state index contributed by atoms with van der Waals surface area (Å²) in [4.78, 5) is 15.9. The first-order valence-electron chi connectivity index (χ1n) is 6.02. The van der Waals surface area contributed by atoms with Gasteiger partial charge in [0.05, 0.1) is 51.6 Å². The number of hydrogen-bond acceptors (Lipinski definition) is 5. The van der Waals surface area contributed by atoms with Crippen molar-refractivity contribution in [1.29, 1.82) is 0 Å². The van der Waals surface area contributed by atoms with Gasteiger partial charge in [-0.3, -0.25) is 9.36 Å². The molecule has 1 aromatic rings. The van der Waals surface area contributed by atoms with Gasteiger partial charge < -0.3 is 14.2 Å². The second-order valence-corrected chi connectivity index (χ2v) is 4.65. The van der Waals surface area contributed by atoms with E-state index in [9.17, 15) is 4.79 Å². The van der Waals surface area contributed by atoms with Gasteiger partial charge in [-0.15, -0.1) is 0 Å². The molecule has 0 radical (unpaired) electrons. The van der Waals surface area contributed by atoms with Gasteiger partial charge in [-0.1, -0.05) is 0 Å². The van der Waals surface area contributed by atoms with E-state index < -0.39 is 0 Å². The molecule has 0 saturated carbocycles. The third-order valence-electron chi connectivity index (χ3n) is 2.44. The molecule has 0 aliphatic heterocycles. The van der Waals surface area contributed by atoms with Crippen molar-refractivity contribution >= 4 is 15.9 Å². The van der Waals surface area contributed by atoms with E-state index in [4.69, 9.17) is 14.2 Å². The Hall–Kier alpha value is -0.760. The van der Waals surface area contributed by atoms with Crippen molar-refractivity contribution in [3.8, 4) is 0 Å². The highest BCUT2D eigenvalue weighted by atomic mass is 79.9. The van der Waals surface area contributed by atoms with Crippen molar-refractivity contribution in [2.45, 2.75) is 13.5 Å². The summed E-state index contributed by atoms with van der Waals surface area (Å²) in [6, 6.07) is 0. The molecule has 0 aliphatic rings. The van der Waals surface area contributed by atoms with Crippen LogP contribution in [0.25, 0.3) is 0 Å². The van der Waals surface area contributed by atoms with Gasteiger partial charge in [-0.25, -0.2) is 4.98 Å². The van der Waals surface area contributed by atoms with E-state index in [0.717, 1.165) is 0 Å². The molecular weight excluding hydrogens is 316 g/mol. The van der Waals surface area contributed by atoms with Crippen molar-refractivity contribution in [3.63, 3.8) is 0 Å². The Labute approximate surface area is 120 Å². The van der Waals surface area contributed by atoms with Gasteiger partial charge in [0.25, 0.3) is 5.56 Å². The maximum Gasteiger partial charge on any atom is 0.267 e. The van der Waals surface area contributed by atoms with Crippen molar-refractivity contribution in [1.82, 2.24) is 9.55 Å². The monoisotopic (exact) mass is 334 g/mol. The average Bonchev–Trinajstić information content (AvgIpc) is 2.41. The number of aryl methyl sites for hydroxylation is 1. The Kier molecular flexibility index (Phi) is 7.88. The molecule has 0 amide bonds. The molecule has 0 fully saturated rings. The lowest BCUT2D eigenvalue weighted by molar-refractivity contribution is 0.0228. The Morgan fingerprint density at radius 1 is 1.21 bits per heavy atom. The fraction of sp³-hybridized carbons (Fsp3) is 0.667. The Morgan fingerprint density at radius 3 is 2.53 bits per heavy atom. The molecule has 1 aromatic heterocycles. The van der Waals surface area contributed by atoms with Crippen LogP contribution in [-0.2, 0) is 20.8 Å². The number of methoxy groups -OCH3 is 1. The zero-order chi connectivity index (χ0) is 14.1. The summed E-state index contributed by atoms with van der Waals surface area (Å²) in [5, 5.41) is 0. The van der Waals surface area contributed by atoms with Crippen molar-refractivity contribution in [2.24, 2.45) is 0 Å². The molecule has 7 heteroatoms. The minimum Gasteiger partial charge on any atom is -0.382 e. The molecule has 1 rings (SSSR count). The first-order chi connectivity index (χ1) is 9.16. The van der Waals surface area contributed by atoms with E-state index in [1.165, 1.54) is 10.9 Å². The average molecular weight is 335 g/mol. The minimum atomic E-state index is -0.0903. The molecule has 0 spiro atoms. The summed E-state index contributed by atoms with van der Waals surface area (Å²) in [5.74, 6) is 0.